The van der Waals surface area contributed by atoms with E-state index in [2.05, 4.69) is 35.2 Å². The van der Waals surface area contributed by atoms with Gasteiger partial charge in [0.1, 0.15) is 23.0 Å². The highest BCUT2D eigenvalue weighted by atomic mass is 32.1. The lowest BCUT2D eigenvalue weighted by Gasteiger charge is -2.33. The Morgan fingerprint density at radius 2 is 1.86 bits per heavy atom. The Morgan fingerprint density at radius 1 is 1.05 bits per heavy atom. The highest BCUT2D eigenvalue weighted by Crippen LogP contribution is 2.32. The number of hydrogen-bond donors (Lipinski definition) is 0. The Kier molecular flexibility index (Phi) is 7.25. The smallest absolute Gasteiger partial charge is 0.219 e. The summed E-state index contributed by atoms with van der Waals surface area (Å²) in [5.74, 6) is 1.67. The number of ketones is 1. The zero-order valence-electron chi connectivity index (χ0n) is 25.4. The monoisotopic (exact) mass is 612 g/mol. The van der Waals surface area contributed by atoms with Crippen LogP contribution in [0.4, 0.5) is 0 Å². The number of Topliss-reactive ketones (excluding diaryl/α,β-unsaturated/α-hetero) is 1. The maximum absolute atomic E-state index is 12.7. The molecule has 2 aliphatic rings. The van der Waals surface area contributed by atoms with Crippen molar-refractivity contribution in [2.24, 2.45) is 0 Å². The van der Waals surface area contributed by atoms with Crippen molar-refractivity contribution >= 4 is 38.3 Å². The molecule has 5 aromatic rings. The van der Waals surface area contributed by atoms with E-state index >= 15 is 0 Å². The fraction of sp³-hybridized carbons (Fsp3) is 0.424. The zero-order chi connectivity index (χ0) is 30.6. The molecule has 228 valence electrons. The van der Waals surface area contributed by atoms with Gasteiger partial charge in [-0.25, -0.2) is 9.97 Å². The lowest BCUT2D eigenvalue weighted by Crippen LogP contribution is -2.48. The summed E-state index contributed by atoms with van der Waals surface area (Å²) in [6.45, 7) is 11.0. The summed E-state index contributed by atoms with van der Waals surface area (Å²) < 4.78 is 13.5. The van der Waals surface area contributed by atoms with Gasteiger partial charge in [0.25, 0.3) is 0 Å². The van der Waals surface area contributed by atoms with Crippen molar-refractivity contribution < 1.29 is 18.8 Å². The van der Waals surface area contributed by atoms with Crippen LogP contribution in [0.1, 0.15) is 51.1 Å². The Hall–Kier alpha value is -4.09. The van der Waals surface area contributed by atoms with Crippen LogP contribution >= 0.6 is 11.3 Å². The Bertz CT molecular complexity index is 1850. The van der Waals surface area contributed by atoms with Crippen molar-refractivity contribution in [3.8, 4) is 17.1 Å². The van der Waals surface area contributed by atoms with E-state index in [1.54, 1.807) is 6.92 Å². The second-order valence-corrected chi connectivity index (χ2v) is 13.9. The molecule has 2 saturated heterocycles. The third kappa shape index (κ3) is 5.61. The van der Waals surface area contributed by atoms with Gasteiger partial charge in [-0.1, -0.05) is 61.5 Å². The van der Waals surface area contributed by atoms with Gasteiger partial charge in [-0.15, -0.1) is 0 Å². The number of ether oxygens (including phenoxy) is 1. The van der Waals surface area contributed by atoms with Gasteiger partial charge in [0.05, 0.1) is 23.3 Å². The number of carbonyl (C=O) groups excluding carboxylic acids is 2. The highest BCUT2D eigenvalue weighted by molar-refractivity contribution is 7.23. The molecule has 6 heterocycles. The van der Waals surface area contributed by atoms with E-state index in [0.717, 1.165) is 63.9 Å². The lowest BCUT2D eigenvalue weighted by atomic mass is 9.93. The molecule has 0 unspecified atom stereocenters. The van der Waals surface area contributed by atoms with E-state index in [1.165, 1.54) is 11.3 Å². The fourth-order valence-corrected chi connectivity index (χ4v) is 7.27. The van der Waals surface area contributed by atoms with Crippen molar-refractivity contribution in [3.05, 3.63) is 65.7 Å². The average molecular weight is 613 g/mol. The van der Waals surface area contributed by atoms with Gasteiger partial charge in [-0.2, -0.15) is 0 Å². The van der Waals surface area contributed by atoms with Gasteiger partial charge in [-0.05, 0) is 18.1 Å². The zero-order valence-corrected chi connectivity index (χ0v) is 26.3. The minimum atomic E-state index is -0.137. The maximum Gasteiger partial charge on any atom is 0.219 e. The number of nitrogens with zero attached hydrogens (tertiary/aromatic N) is 6. The quantitative estimate of drug-likeness (QED) is 0.231. The van der Waals surface area contributed by atoms with Gasteiger partial charge in [0.15, 0.2) is 4.96 Å². The number of imidazole rings is 1. The molecular formula is C33H36N6O4S. The van der Waals surface area contributed by atoms with Gasteiger partial charge in [0, 0.05) is 74.4 Å². The number of piperazine rings is 1. The van der Waals surface area contributed by atoms with Crippen LogP contribution in [0.15, 0.2) is 53.2 Å². The van der Waals surface area contributed by atoms with E-state index in [-0.39, 0.29) is 23.5 Å². The van der Waals surface area contributed by atoms with E-state index < -0.39 is 0 Å². The second kappa shape index (κ2) is 11.1. The molecule has 2 bridgehead atoms. The number of fused-ring (bicyclic) bond motifs is 5. The number of carbonyl (C=O) groups is 2. The molecule has 1 amide bonds. The lowest BCUT2D eigenvalue weighted by molar-refractivity contribution is -0.131. The summed E-state index contributed by atoms with van der Waals surface area (Å²) in [6, 6.07) is 14.6. The second-order valence-electron chi connectivity index (χ2n) is 12.9. The van der Waals surface area contributed by atoms with E-state index in [1.807, 2.05) is 53.6 Å². The van der Waals surface area contributed by atoms with E-state index in [9.17, 15) is 9.59 Å². The van der Waals surface area contributed by atoms with Crippen molar-refractivity contribution in [2.75, 3.05) is 26.2 Å². The van der Waals surface area contributed by atoms with Crippen molar-refractivity contribution in [3.63, 3.8) is 0 Å². The third-order valence-corrected chi connectivity index (χ3v) is 9.61. The van der Waals surface area contributed by atoms with Crippen LogP contribution in [0.5, 0.6) is 5.88 Å². The van der Waals surface area contributed by atoms with Crippen LogP contribution in [0.2, 0.25) is 0 Å². The molecule has 10 nitrogen and oxygen atoms in total. The molecule has 1 aromatic carbocycles. The normalized spacial score (nSPS) is 18.6. The van der Waals surface area contributed by atoms with Crippen LogP contribution < -0.4 is 4.74 Å². The van der Waals surface area contributed by atoms with Gasteiger partial charge in [0.2, 0.25) is 11.8 Å². The van der Waals surface area contributed by atoms with Crippen molar-refractivity contribution in [2.45, 2.75) is 64.5 Å². The van der Waals surface area contributed by atoms with Gasteiger partial charge < -0.3 is 14.2 Å². The molecular weight excluding hydrogens is 576 g/mol. The first-order valence-corrected chi connectivity index (χ1v) is 15.9. The summed E-state index contributed by atoms with van der Waals surface area (Å²) in [6.07, 6.45) is 3.69. The van der Waals surface area contributed by atoms with Crippen LogP contribution in [-0.4, -0.2) is 79.3 Å². The maximum atomic E-state index is 12.7. The van der Waals surface area contributed by atoms with Crippen LogP contribution in [-0.2, 0) is 27.8 Å². The Morgan fingerprint density at radius 3 is 2.57 bits per heavy atom. The van der Waals surface area contributed by atoms with Gasteiger partial charge >= 0.3 is 0 Å². The number of aromatic nitrogens is 4. The number of rotatable bonds is 9. The summed E-state index contributed by atoms with van der Waals surface area (Å²) >= 11 is 1.53. The number of amides is 1. The number of benzene rings is 1. The first-order chi connectivity index (χ1) is 21.1. The molecule has 0 saturated carbocycles. The van der Waals surface area contributed by atoms with Crippen LogP contribution in [0, 0.1) is 0 Å². The predicted octanol–water partition coefficient (Wildman–Crippen LogP) is 4.93. The molecule has 0 aliphatic carbocycles. The number of pyridine rings is 1. The van der Waals surface area contributed by atoms with Crippen LogP contribution in [0.3, 0.4) is 0 Å². The van der Waals surface area contributed by atoms with Crippen molar-refractivity contribution in [1.82, 2.24) is 29.3 Å². The molecule has 2 atom stereocenters. The predicted molar refractivity (Wildman–Crippen MR) is 168 cm³/mol. The molecule has 2 fully saturated rings. The summed E-state index contributed by atoms with van der Waals surface area (Å²) in [7, 11) is 0. The molecule has 4 aromatic heterocycles. The minimum absolute atomic E-state index is 0.0976. The van der Waals surface area contributed by atoms with E-state index in [0.29, 0.717) is 36.7 Å². The molecule has 0 radical (unpaired) electrons. The topological polar surface area (TPSA) is 106 Å². The Labute approximate surface area is 259 Å². The van der Waals surface area contributed by atoms with E-state index in [4.69, 9.17) is 19.2 Å². The third-order valence-electron chi connectivity index (χ3n) is 8.65. The van der Waals surface area contributed by atoms with Gasteiger partial charge in [-0.3, -0.25) is 18.9 Å². The molecule has 11 heteroatoms. The number of likely N-dealkylation sites (tertiary alicyclic amines) is 2. The highest BCUT2D eigenvalue weighted by Gasteiger charge is 2.43. The Balaban J connectivity index is 0.954. The first kappa shape index (κ1) is 28.7. The average Bonchev–Trinajstić information content (AvgIpc) is 3.79. The number of thiazole rings is 1. The fourth-order valence-electron chi connectivity index (χ4n) is 6.30. The largest absolute Gasteiger partial charge is 0.476 e. The molecule has 0 N–H and O–H groups in total. The summed E-state index contributed by atoms with van der Waals surface area (Å²) in [5.41, 5.74) is 4.34. The molecule has 7 rings (SSSR count). The summed E-state index contributed by atoms with van der Waals surface area (Å²) in [4.78, 5) is 40.2. The van der Waals surface area contributed by atoms with Crippen molar-refractivity contribution in [1.29, 1.82) is 0 Å². The molecule has 0 spiro atoms. The standard InChI is InChI=1S/C33H36N6O4S/c1-20(40)38-18-24-16-25(38)17-37(24)11-12-42-30-10-9-28-31(35-30)44-32-34-27(19-39(28)32)22-7-5-21(6-8-22)13-26(41)14-23-15-29(43-36-23)33(2,3)4/h5-10,15,19,24-25H,11-14,16-18H2,1-4H3/t24-,25-/m0/s1. The molecule has 44 heavy (non-hydrogen) atoms. The summed E-state index contributed by atoms with van der Waals surface area (Å²) in [5, 5.41) is 4.07. The van der Waals surface area contributed by atoms with Crippen LogP contribution in [0.25, 0.3) is 26.6 Å². The SMILES string of the molecule is CC(=O)N1C[C@@H]2C[C@H]1CN2CCOc1ccc2c(n1)sc1nc(-c3ccc(CC(=O)Cc4cc(C(C)(C)C)on4)cc3)cn12. The number of hydrogen-bond acceptors (Lipinski definition) is 9. The first-order valence-electron chi connectivity index (χ1n) is 15.1. The molecule has 2 aliphatic heterocycles. The minimum Gasteiger partial charge on any atom is -0.476 e.